The van der Waals surface area contributed by atoms with Crippen molar-refractivity contribution < 1.29 is 4.52 Å². The van der Waals surface area contributed by atoms with Gasteiger partial charge in [0.15, 0.2) is 6.33 Å². The van der Waals surface area contributed by atoms with Crippen LogP contribution in [0.25, 0.3) is 5.70 Å². The highest BCUT2D eigenvalue weighted by Crippen LogP contribution is 2.02. The number of hydrogen-bond acceptors (Lipinski definition) is 4. The molecule has 11 heavy (non-hydrogen) atoms. The van der Waals surface area contributed by atoms with Crippen molar-refractivity contribution in [1.82, 2.24) is 15.5 Å². The Bertz CT molecular complexity index is 255. The Morgan fingerprint density at radius 2 is 2.64 bits per heavy atom. The van der Waals surface area contributed by atoms with Gasteiger partial charge in [-0.2, -0.15) is 4.98 Å². The van der Waals surface area contributed by atoms with E-state index in [1.54, 1.807) is 0 Å². The molecule has 1 rings (SSSR count). The Morgan fingerprint density at radius 1 is 1.82 bits per heavy atom. The Kier molecular flexibility index (Phi) is 2.68. The van der Waals surface area contributed by atoms with Crippen molar-refractivity contribution in [1.29, 1.82) is 0 Å². The van der Waals surface area contributed by atoms with Crippen LogP contribution in [0.4, 0.5) is 0 Å². The fraction of sp³-hybridized carbons (Fsp3) is 0. The number of halogens is 1. The summed E-state index contributed by atoms with van der Waals surface area (Å²) in [6, 6.07) is 0. The van der Waals surface area contributed by atoms with Crippen LogP contribution in [0, 0.1) is 0 Å². The molecular weight excluding hydrogens is 166 g/mol. The molecule has 0 aliphatic heterocycles. The maximum absolute atomic E-state index is 5.26. The molecule has 1 N–H and O–H groups in total. The molecule has 0 fully saturated rings. The van der Waals surface area contributed by atoms with Crippen molar-refractivity contribution in [3.05, 3.63) is 30.5 Å². The van der Waals surface area contributed by atoms with Gasteiger partial charge in [0.1, 0.15) is 0 Å². The predicted octanol–water partition coefficient (Wildman–Crippen LogP) is 1.34. The second-order valence-corrected chi connectivity index (χ2v) is 1.91. The van der Waals surface area contributed by atoms with Gasteiger partial charge in [0.05, 0.1) is 5.70 Å². The number of aromatic nitrogens is 2. The summed E-state index contributed by atoms with van der Waals surface area (Å²) in [6.45, 7) is 3.62. The first kappa shape index (κ1) is 7.81. The molecule has 0 aromatic carbocycles. The number of nitrogens with one attached hydrogen (secondary N) is 1. The number of hydrogen-bond donors (Lipinski definition) is 1. The lowest BCUT2D eigenvalue weighted by Crippen LogP contribution is -2.01. The second kappa shape index (κ2) is 3.78. The molecule has 0 radical (unpaired) electrons. The summed E-state index contributed by atoms with van der Waals surface area (Å²) in [5, 5.41) is 6.14. The van der Waals surface area contributed by atoms with E-state index in [-0.39, 0.29) is 0 Å². The number of rotatable bonds is 3. The van der Waals surface area contributed by atoms with E-state index < -0.39 is 0 Å². The molecule has 1 aromatic rings. The van der Waals surface area contributed by atoms with Crippen LogP contribution in [0.5, 0.6) is 0 Å². The van der Waals surface area contributed by atoms with Gasteiger partial charge in [0, 0.05) is 11.7 Å². The quantitative estimate of drug-likeness (QED) is 0.746. The highest BCUT2D eigenvalue weighted by Gasteiger charge is 2.00. The summed E-state index contributed by atoms with van der Waals surface area (Å²) in [7, 11) is 0. The van der Waals surface area contributed by atoms with Crippen LogP contribution >= 0.6 is 11.6 Å². The first-order valence-electron chi connectivity index (χ1n) is 2.82. The molecule has 0 amide bonds. The monoisotopic (exact) mass is 171 g/mol. The van der Waals surface area contributed by atoms with E-state index in [9.17, 15) is 0 Å². The van der Waals surface area contributed by atoms with Crippen LogP contribution in [-0.4, -0.2) is 10.1 Å². The third kappa shape index (κ3) is 2.09. The fourth-order valence-corrected chi connectivity index (χ4v) is 0.563. The molecule has 0 bridgehead atoms. The minimum absolute atomic E-state index is 0.347. The average Bonchev–Trinajstić information content (AvgIpc) is 2.52. The molecule has 1 aromatic heterocycles. The average molecular weight is 172 g/mol. The molecule has 0 spiro atoms. The Balaban J connectivity index is 2.56. The second-order valence-electron chi connectivity index (χ2n) is 1.66. The lowest BCUT2D eigenvalue weighted by Gasteiger charge is -1.95. The van der Waals surface area contributed by atoms with Crippen molar-refractivity contribution in [3.63, 3.8) is 0 Å². The zero-order valence-corrected chi connectivity index (χ0v) is 6.38. The van der Waals surface area contributed by atoms with E-state index in [4.69, 9.17) is 16.1 Å². The minimum Gasteiger partial charge on any atom is -0.357 e. The lowest BCUT2D eigenvalue weighted by atomic mass is 10.5. The van der Waals surface area contributed by atoms with Crippen LogP contribution in [-0.2, 0) is 0 Å². The van der Waals surface area contributed by atoms with Crippen molar-refractivity contribution in [2.45, 2.75) is 0 Å². The van der Waals surface area contributed by atoms with Crippen molar-refractivity contribution in [3.8, 4) is 0 Å². The summed E-state index contributed by atoms with van der Waals surface area (Å²) < 4.78 is 4.69. The Hall–Kier alpha value is -1.29. The van der Waals surface area contributed by atoms with Gasteiger partial charge in [0.2, 0.25) is 0 Å². The van der Waals surface area contributed by atoms with Crippen LogP contribution in [0.15, 0.2) is 29.2 Å². The van der Waals surface area contributed by atoms with Gasteiger partial charge in [-0.3, -0.25) is 0 Å². The standard InChI is InChI=1S/C6H6ClN3O/c1-5(8-3-2-7)6-9-4-10-11-6/h2-4,8H,1H2/b3-2+. The van der Waals surface area contributed by atoms with Gasteiger partial charge in [0.25, 0.3) is 5.89 Å². The molecule has 5 heteroatoms. The molecule has 1 heterocycles. The smallest absolute Gasteiger partial charge is 0.273 e. The first-order chi connectivity index (χ1) is 5.34. The molecule has 0 aliphatic carbocycles. The van der Waals surface area contributed by atoms with Crippen molar-refractivity contribution in [2.24, 2.45) is 0 Å². The van der Waals surface area contributed by atoms with Crippen molar-refractivity contribution in [2.75, 3.05) is 0 Å². The van der Waals surface area contributed by atoms with Crippen LogP contribution in [0.1, 0.15) is 5.89 Å². The summed E-state index contributed by atoms with van der Waals surface area (Å²) in [5.74, 6) is 0.347. The van der Waals surface area contributed by atoms with E-state index in [2.05, 4.69) is 22.0 Å². The molecule has 0 atom stereocenters. The Labute approximate surface area is 68.6 Å². The zero-order chi connectivity index (χ0) is 8.10. The van der Waals surface area contributed by atoms with E-state index in [1.165, 1.54) is 18.1 Å². The van der Waals surface area contributed by atoms with Gasteiger partial charge < -0.3 is 9.84 Å². The molecule has 0 aliphatic rings. The van der Waals surface area contributed by atoms with E-state index in [1.807, 2.05) is 0 Å². The predicted molar refractivity (Wildman–Crippen MR) is 41.5 cm³/mol. The summed E-state index contributed by atoms with van der Waals surface area (Å²) >= 11 is 5.26. The maximum Gasteiger partial charge on any atom is 0.273 e. The van der Waals surface area contributed by atoms with Crippen LogP contribution in [0.2, 0.25) is 0 Å². The molecule has 0 saturated carbocycles. The lowest BCUT2D eigenvalue weighted by molar-refractivity contribution is 0.405. The third-order valence-corrected chi connectivity index (χ3v) is 1.07. The van der Waals surface area contributed by atoms with Crippen LogP contribution < -0.4 is 5.32 Å². The SMILES string of the molecule is C=C(N/C=C/Cl)c1ncno1. The highest BCUT2D eigenvalue weighted by atomic mass is 35.5. The molecule has 4 nitrogen and oxygen atoms in total. The minimum atomic E-state index is 0.347. The summed E-state index contributed by atoms with van der Waals surface area (Å²) in [5.41, 5.74) is 1.83. The first-order valence-corrected chi connectivity index (χ1v) is 3.26. The number of nitrogens with zero attached hydrogens (tertiary/aromatic N) is 2. The molecular formula is C6H6ClN3O. The normalized spacial score (nSPS) is 10.3. The Morgan fingerprint density at radius 3 is 3.18 bits per heavy atom. The van der Waals surface area contributed by atoms with E-state index >= 15 is 0 Å². The maximum atomic E-state index is 5.26. The van der Waals surface area contributed by atoms with Crippen LogP contribution in [0.3, 0.4) is 0 Å². The molecule has 58 valence electrons. The van der Waals surface area contributed by atoms with E-state index in [0.29, 0.717) is 11.6 Å². The third-order valence-electron chi connectivity index (χ3n) is 0.940. The van der Waals surface area contributed by atoms with Gasteiger partial charge >= 0.3 is 0 Å². The van der Waals surface area contributed by atoms with Gasteiger partial charge in [-0.15, -0.1) is 0 Å². The fourth-order valence-electron chi connectivity index (χ4n) is 0.500. The largest absolute Gasteiger partial charge is 0.357 e. The highest BCUT2D eigenvalue weighted by molar-refractivity contribution is 6.25. The molecule has 0 unspecified atom stereocenters. The van der Waals surface area contributed by atoms with Gasteiger partial charge in [-0.05, 0) is 0 Å². The molecule has 0 saturated heterocycles. The topological polar surface area (TPSA) is 51.0 Å². The van der Waals surface area contributed by atoms with Crippen molar-refractivity contribution >= 4 is 17.3 Å². The van der Waals surface area contributed by atoms with Gasteiger partial charge in [-0.25, -0.2) is 0 Å². The summed E-state index contributed by atoms with van der Waals surface area (Å²) in [6.07, 6.45) is 2.81. The van der Waals surface area contributed by atoms with E-state index in [0.717, 1.165) is 0 Å². The summed E-state index contributed by atoms with van der Waals surface area (Å²) in [4.78, 5) is 3.75. The zero-order valence-electron chi connectivity index (χ0n) is 5.62. The van der Waals surface area contributed by atoms with Gasteiger partial charge in [-0.1, -0.05) is 23.3 Å².